The van der Waals surface area contributed by atoms with Gasteiger partial charge in [-0.15, -0.1) is 0 Å². The van der Waals surface area contributed by atoms with Crippen LogP contribution in [0.1, 0.15) is 26.7 Å². The van der Waals surface area contributed by atoms with Crippen molar-refractivity contribution >= 4 is 5.91 Å². The molecule has 2 nitrogen and oxygen atoms in total. The fraction of sp³-hybridized carbons (Fsp3) is 0.900. The molecule has 0 aromatic carbocycles. The van der Waals surface area contributed by atoms with Crippen LogP contribution in [0.15, 0.2) is 0 Å². The van der Waals surface area contributed by atoms with Crippen LogP contribution < -0.4 is 5.73 Å². The molecule has 4 aliphatic carbocycles. The smallest absolute Gasteiger partial charge is 0.224 e. The van der Waals surface area contributed by atoms with E-state index in [0.29, 0.717) is 11.8 Å². The molecule has 4 fully saturated rings. The minimum Gasteiger partial charge on any atom is -0.369 e. The molecule has 0 spiro atoms. The van der Waals surface area contributed by atoms with Crippen LogP contribution in [0.3, 0.4) is 0 Å². The van der Waals surface area contributed by atoms with E-state index in [2.05, 4.69) is 13.8 Å². The van der Waals surface area contributed by atoms with Crippen molar-refractivity contribution in [3.8, 4) is 0 Å². The summed E-state index contributed by atoms with van der Waals surface area (Å²) in [5, 5.41) is 0. The van der Waals surface area contributed by atoms with Gasteiger partial charge in [0.15, 0.2) is 0 Å². The molecule has 0 aromatic heterocycles. The predicted octanol–water partition coefficient (Wildman–Crippen LogP) is 1.15. The molecule has 0 aromatic rings. The molecule has 2 N–H and O–H groups in total. The van der Waals surface area contributed by atoms with Crippen LogP contribution in [-0.2, 0) is 4.79 Å². The second-order valence-corrected chi connectivity index (χ2v) is 5.34. The summed E-state index contributed by atoms with van der Waals surface area (Å²) in [4.78, 5) is 11.4. The summed E-state index contributed by atoms with van der Waals surface area (Å²) in [5.74, 6) is 2.08. The average molecular weight is 165 g/mol. The number of rotatable bonds is 1. The predicted molar refractivity (Wildman–Crippen MR) is 45.1 cm³/mol. The molecule has 2 atom stereocenters. The molecular formula is C10H15NO. The third-order valence-electron chi connectivity index (χ3n) is 5.12. The van der Waals surface area contributed by atoms with Crippen molar-refractivity contribution in [3.63, 3.8) is 0 Å². The van der Waals surface area contributed by atoms with Gasteiger partial charge in [0.25, 0.3) is 0 Å². The molecule has 4 rings (SSSR count). The maximum Gasteiger partial charge on any atom is 0.224 e. The molecule has 0 radical (unpaired) electrons. The Hall–Kier alpha value is -0.530. The Labute approximate surface area is 72.5 Å². The van der Waals surface area contributed by atoms with E-state index in [4.69, 9.17) is 5.73 Å². The first-order valence-electron chi connectivity index (χ1n) is 4.83. The highest BCUT2D eigenvalue weighted by Crippen LogP contribution is 2.85. The van der Waals surface area contributed by atoms with E-state index in [1.807, 2.05) is 0 Å². The fourth-order valence-electron chi connectivity index (χ4n) is 4.51. The summed E-state index contributed by atoms with van der Waals surface area (Å²) in [7, 11) is 0. The van der Waals surface area contributed by atoms with Gasteiger partial charge in [0.05, 0.1) is 5.41 Å². The van der Waals surface area contributed by atoms with Gasteiger partial charge >= 0.3 is 0 Å². The zero-order chi connectivity index (χ0) is 8.72. The zero-order valence-corrected chi connectivity index (χ0v) is 7.63. The summed E-state index contributed by atoms with van der Waals surface area (Å²) in [5.41, 5.74) is 5.66. The standard InChI is InChI=1S/C10H15NO/c1-9(2)5-3-6-7(4-5)10(6,9)8(11)12/h5-7H,3-4H2,1-2H3,(H2,11,12). The number of nitrogens with two attached hydrogens (primary N) is 1. The van der Waals surface area contributed by atoms with Crippen LogP contribution >= 0.6 is 0 Å². The second kappa shape index (κ2) is 1.45. The lowest BCUT2D eigenvalue weighted by molar-refractivity contribution is -0.127. The summed E-state index contributed by atoms with van der Waals surface area (Å²) < 4.78 is 0. The van der Waals surface area contributed by atoms with E-state index in [1.165, 1.54) is 12.8 Å². The van der Waals surface area contributed by atoms with Crippen LogP contribution in [0, 0.1) is 28.6 Å². The third-order valence-corrected chi connectivity index (χ3v) is 5.12. The van der Waals surface area contributed by atoms with Crippen molar-refractivity contribution in [2.45, 2.75) is 26.7 Å². The molecule has 4 saturated carbocycles. The van der Waals surface area contributed by atoms with Crippen molar-refractivity contribution in [1.82, 2.24) is 0 Å². The molecule has 4 aliphatic rings. The first kappa shape index (κ1) is 6.93. The first-order valence-corrected chi connectivity index (χ1v) is 4.83. The minimum absolute atomic E-state index is 0.0255. The van der Waals surface area contributed by atoms with Crippen LogP contribution in [0.5, 0.6) is 0 Å². The van der Waals surface area contributed by atoms with Gasteiger partial charge in [-0.2, -0.15) is 0 Å². The third kappa shape index (κ3) is 0.377. The zero-order valence-electron chi connectivity index (χ0n) is 7.63. The van der Waals surface area contributed by atoms with Gasteiger partial charge in [-0.05, 0) is 36.0 Å². The lowest BCUT2D eigenvalue weighted by atomic mass is 9.75. The molecule has 0 heterocycles. The van der Waals surface area contributed by atoms with Gasteiger partial charge in [-0.1, -0.05) is 13.8 Å². The van der Waals surface area contributed by atoms with Crippen molar-refractivity contribution in [3.05, 3.63) is 0 Å². The molecular weight excluding hydrogens is 150 g/mol. The van der Waals surface area contributed by atoms with Gasteiger partial charge in [-0.3, -0.25) is 4.79 Å². The van der Waals surface area contributed by atoms with Crippen LogP contribution in [0.25, 0.3) is 0 Å². The maximum absolute atomic E-state index is 11.4. The number of carbonyl (C=O) groups is 1. The highest BCUT2D eigenvalue weighted by molar-refractivity contribution is 5.88. The van der Waals surface area contributed by atoms with Crippen molar-refractivity contribution in [1.29, 1.82) is 0 Å². The van der Waals surface area contributed by atoms with Crippen LogP contribution in [-0.4, -0.2) is 5.91 Å². The Morgan fingerprint density at radius 3 is 2.00 bits per heavy atom. The van der Waals surface area contributed by atoms with E-state index < -0.39 is 0 Å². The van der Waals surface area contributed by atoms with E-state index in [-0.39, 0.29) is 16.7 Å². The summed E-state index contributed by atoms with van der Waals surface area (Å²) in [6, 6.07) is 0. The quantitative estimate of drug-likeness (QED) is 0.622. The Bertz CT molecular complexity index is 270. The monoisotopic (exact) mass is 165 g/mol. The Morgan fingerprint density at radius 2 is 1.83 bits per heavy atom. The van der Waals surface area contributed by atoms with Crippen molar-refractivity contribution in [2.75, 3.05) is 0 Å². The normalized spacial score (nSPS) is 57.3. The van der Waals surface area contributed by atoms with E-state index >= 15 is 0 Å². The van der Waals surface area contributed by atoms with Crippen molar-refractivity contribution in [2.24, 2.45) is 34.3 Å². The number of amides is 1. The lowest BCUT2D eigenvalue weighted by Gasteiger charge is -2.29. The summed E-state index contributed by atoms with van der Waals surface area (Å²) in [6.07, 6.45) is 2.53. The van der Waals surface area contributed by atoms with Gasteiger partial charge in [0.2, 0.25) is 5.91 Å². The first-order chi connectivity index (χ1) is 5.53. The minimum atomic E-state index is -0.0718. The van der Waals surface area contributed by atoms with Crippen molar-refractivity contribution < 1.29 is 4.79 Å². The molecule has 0 saturated heterocycles. The molecule has 2 unspecified atom stereocenters. The highest BCUT2D eigenvalue weighted by atomic mass is 16.1. The summed E-state index contributed by atoms with van der Waals surface area (Å²) >= 11 is 0. The van der Waals surface area contributed by atoms with Gasteiger partial charge in [-0.25, -0.2) is 0 Å². The SMILES string of the molecule is CC1(C)C2CC3C(C2)C31C(N)=O. The number of hydrogen-bond donors (Lipinski definition) is 1. The summed E-state index contributed by atoms with van der Waals surface area (Å²) in [6.45, 7) is 4.46. The number of carbonyl (C=O) groups excluding carboxylic acids is 1. The molecule has 66 valence electrons. The second-order valence-electron chi connectivity index (χ2n) is 5.34. The topological polar surface area (TPSA) is 43.1 Å². The lowest BCUT2D eigenvalue weighted by Crippen LogP contribution is -2.37. The van der Waals surface area contributed by atoms with Gasteiger partial charge in [0, 0.05) is 0 Å². The highest BCUT2D eigenvalue weighted by Gasteiger charge is 2.85. The van der Waals surface area contributed by atoms with Crippen LogP contribution in [0.2, 0.25) is 0 Å². The van der Waals surface area contributed by atoms with E-state index in [0.717, 1.165) is 5.92 Å². The Balaban J connectivity index is 2.15. The number of hydrogen-bond acceptors (Lipinski definition) is 1. The van der Waals surface area contributed by atoms with Gasteiger partial charge in [0.1, 0.15) is 0 Å². The van der Waals surface area contributed by atoms with Gasteiger partial charge < -0.3 is 5.73 Å². The fourth-order valence-corrected chi connectivity index (χ4v) is 4.51. The van der Waals surface area contributed by atoms with Crippen LogP contribution in [0.4, 0.5) is 0 Å². The molecule has 0 aliphatic heterocycles. The number of primary amides is 1. The maximum atomic E-state index is 11.4. The molecule has 1 amide bonds. The average Bonchev–Trinajstić information content (AvgIpc) is 2.30. The molecule has 2 heteroatoms. The Kier molecular flexibility index (Phi) is 0.836. The van der Waals surface area contributed by atoms with E-state index in [1.54, 1.807) is 0 Å². The Morgan fingerprint density at radius 1 is 1.33 bits per heavy atom. The molecule has 12 heavy (non-hydrogen) atoms. The largest absolute Gasteiger partial charge is 0.369 e. The van der Waals surface area contributed by atoms with E-state index in [9.17, 15) is 4.79 Å². The molecule has 4 bridgehead atoms.